The van der Waals surface area contributed by atoms with Gasteiger partial charge in [0.2, 0.25) is 0 Å². The lowest BCUT2D eigenvalue weighted by atomic mass is 9.91. The largest absolute Gasteiger partial charge is 0.0988 e. The maximum Gasteiger partial charge on any atom is -0.0273 e. The van der Waals surface area contributed by atoms with Crippen LogP contribution in [-0.4, -0.2) is 0 Å². The van der Waals surface area contributed by atoms with E-state index in [1.165, 1.54) is 36.0 Å². The van der Waals surface area contributed by atoms with Gasteiger partial charge in [-0.15, -0.1) is 0 Å². The first-order valence-electron chi connectivity index (χ1n) is 4.99. The number of hydrogen-bond acceptors (Lipinski definition) is 0. The van der Waals surface area contributed by atoms with Gasteiger partial charge in [0.1, 0.15) is 0 Å². The minimum absolute atomic E-state index is 1.08. The highest BCUT2D eigenvalue weighted by atomic mass is 14.1. The molecule has 0 nitrogen and oxygen atoms in total. The molecule has 0 fully saturated rings. The van der Waals surface area contributed by atoms with E-state index in [2.05, 4.69) is 26.2 Å². The Morgan fingerprint density at radius 3 is 2.77 bits per heavy atom. The van der Waals surface area contributed by atoms with Crippen molar-refractivity contribution in [3.05, 3.63) is 48.1 Å². The highest BCUT2D eigenvalue weighted by Crippen LogP contribution is 2.26. The summed E-state index contributed by atoms with van der Waals surface area (Å²) in [5.41, 5.74) is 4.21. The van der Waals surface area contributed by atoms with Gasteiger partial charge in [0, 0.05) is 0 Å². The quantitative estimate of drug-likeness (QED) is 0.602. The van der Waals surface area contributed by atoms with Gasteiger partial charge in [-0.05, 0) is 42.4 Å². The molecule has 0 amide bonds. The Labute approximate surface area is 81.4 Å². The summed E-state index contributed by atoms with van der Waals surface area (Å²) in [6, 6.07) is 0. The summed E-state index contributed by atoms with van der Waals surface area (Å²) in [4.78, 5) is 0. The first-order chi connectivity index (χ1) is 6.31. The van der Waals surface area contributed by atoms with Gasteiger partial charge in [0.05, 0.1) is 0 Å². The van der Waals surface area contributed by atoms with Crippen LogP contribution >= 0.6 is 0 Å². The molecule has 0 atom stereocenters. The van der Waals surface area contributed by atoms with Crippen LogP contribution in [0.1, 0.15) is 32.6 Å². The summed E-state index contributed by atoms with van der Waals surface area (Å²) in [5, 5.41) is 0. The van der Waals surface area contributed by atoms with Gasteiger partial charge < -0.3 is 0 Å². The van der Waals surface area contributed by atoms with Gasteiger partial charge >= 0.3 is 0 Å². The van der Waals surface area contributed by atoms with E-state index in [1.54, 1.807) is 0 Å². The molecule has 1 rings (SSSR count). The Morgan fingerprint density at radius 1 is 1.46 bits per heavy atom. The van der Waals surface area contributed by atoms with E-state index >= 15 is 0 Å². The highest BCUT2D eigenvalue weighted by Gasteiger charge is 2.07. The molecule has 0 heteroatoms. The topological polar surface area (TPSA) is 0 Å². The van der Waals surface area contributed by atoms with Crippen molar-refractivity contribution >= 4 is 0 Å². The number of rotatable bonds is 3. The Bertz CT molecular complexity index is 264. The summed E-state index contributed by atoms with van der Waals surface area (Å²) in [6.45, 7) is 9.84. The smallest absolute Gasteiger partial charge is 0.0273 e. The van der Waals surface area contributed by atoms with Crippen LogP contribution in [0, 0.1) is 0 Å². The molecule has 1 aliphatic rings. The van der Waals surface area contributed by atoms with E-state index in [0.29, 0.717) is 0 Å². The van der Waals surface area contributed by atoms with Gasteiger partial charge in [-0.25, -0.2) is 0 Å². The van der Waals surface area contributed by atoms with Crippen LogP contribution < -0.4 is 0 Å². The van der Waals surface area contributed by atoms with Crippen molar-refractivity contribution in [2.75, 3.05) is 0 Å². The van der Waals surface area contributed by atoms with Crippen LogP contribution in [0.4, 0.5) is 0 Å². The molecule has 0 heterocycles. The Morgan fingerprint density at radius 2 is 2.23 bits per heavy atom. The minimum atomic E-state index is 1.08. The maximum atomic E-state index is 3.84. The van der Waals surface area contributed by atoms with Crippen LogP contribution in [-0.2, 0) is 0 Å². The van der Waals surface area contributed by atoms with E-state index in [0.717, 1.165) is 6.42 Å². The zero-order valence-electron chi connectivity index (χ0n) is 8.47. The first-order valence-corrected chi connectivity index (χ1v) is 4.99. The first kappa shape index (κ1) is 10.0. The maximum absolute atomic E-state index is 3.84. The molecule has 1 aliphatic carbocycles. The predicted octanol–water partition coefficient (Wildman–Crippen LogP) is 4.18. The third kappa shape index (κ3) is 2.45. The fraction of sp³-hybridized carbons (Fsp3) is 0.385. The summed E-state index contributed by atoms with van der Waals surface area (Å²) in [7, 11) is 0. The Balaban J connectivity index is 2.97. The zero-order chi connectivity index (χ0) is 9.68. The lowest BCUT2D eigenvalue weighted by Crippen LogP contribution is -1.95. The molecule has 0 bridgehead atoms. The summed E-state index contributed by atoms with van der Waals surface area (Å²) in [5.74, 6) is 0. The third-order valence-electron chi connectivity index (χ3n) is 2.57. The monoisotopic (exact) mass is 174 g/mol. The molecule has 13 heavy (non-hydrogen) atoms. The van der Waals surface area contributed by atoms with Crippen molar-refractivity contribution in [2.45, 2.75) is 32.6 Å². The Hall–Kier alpha value is -1.04. The third-order valence-corrected chi connectivity index (χ3v) is 2.57. The molecule has 0 saturated carbocycles. The second-order valence-corrected chi connectivity index (χ2v) is 3.39. The normalized spacial score (nSPS) is 20.5. The van der Waals surface area contributed by atoms with Crippen molar-refractivity contribution in [2.24, 2.45) is 0 Å². The summed E-state index contributed by atoms with van der Waals surface area (Å²) in [6.07, 6.45) is 10.9. The van der Waals surface area contributed by atoms with Crippen molar-refractivity contribution < 1.29 is 0 Å². The molecule has 0 spiro atoms. The molecule has 0 aromatic carbocycles. The molecule has 0 radical (unpaired) electrons. The molecule has 0 aromatic heterocycles. The molecular formula is C13H18. The fourth-order valence-corrected chi connectivity index (χ4v) is 1.77. The fourth-order valence-electron chi connectivity index (χ4n) is 1.77. The summed E-state index contributed by atoms with van der Waals surface area (Å²) < 4.78 is 0. The van der Waals surface area contributed by atoms with Crippen LogP contribution in [0.2, 0.25) is 0 Å². The SMILES string of the molecule is C=CC1=C/C(=C(\C=C)CC)CCC1. The van der Waals surface area contributed by atoms with E-state index in [-0.39, 0.29) is 0 Å². The second kappa shape index (κ2) is 4.86. The van der Waals surface area contributed by atoms with E-state index in [1.807, 2.05) is 12.2 Å². The molecule has 0 saturated heterocycles. The zero-order valence-corrected chi connectivity index (χ0v) is 8.47. The van der Waals surface area contributed by atoms with E-state index in [9.17, 15) is 0 Å². The van der Waals surface area contributed by atoms with E-state index in [4.69, 9.17) is 0 Å². The van der Waals surface area contributed by atoms with Crippen LogP contribution in [0.3, 0.4) is 0 Å². The summed E-state index contributed by atoms with van der Waals surface area (Å²) >= 11 is 0. The second-order valence-electron chi connectivity index (χ2n) is 3.39. The number of hydrogen-bond donors (Lipinski definition) is 0. The molecular weight excluding hydrogens is 156 g/mol. The minimum Gasteiger partial charge on any atom is -0.0988 e. The van der Waals surface area contributed by atoms with Gasteiger partial charge in [-0.1, -0.05) is 38.3 Å². The molecule has 0 N–H and O–H groups in total. The average Bonchev–Trinajstić information content (AvgIpc) is 2.20. The van der Waals surface area contributed by atoms with Crippen LogP contribution in [0.5, 0.6) is 0 Å². The molecule has 0 aliphatic heterocycles. The average molecular weight is 174 g/mol. The number of allylic oxidation sites excluding steroid dienone is 6. The Kier molecular flexibility index (Phi) is 3.75. The van der Waals surface area contributed by atoms with Crippen LogP contribution in [0.25, 0.3) is 0 Å². The predicted molar refractivity (Wildman–Crippen MR) is 59.6 cm³/mol. The lowest BCUT2D eigenvalue weighted by Gasteiger charge is -2.15. The van der Waals surface area contributed by atoms with Gasteiger partial charge in [0.25, 0.3) is 0 Å². The lowest BCUT2D eigenvalue weighted by molar-refractivity contribution is 0.788. The van der Waals surface area contributed by atoms with Gasteiger partial charge in [0.15, 0.2) is 0 Å². The molecule has 0 aromatic rings. The van der Waals surface area contributed by atoms with Crippen molar-refractivity contribution in [3.63, 3.8) is 0 Å². The van der Waals surface area contributed by atoms with Gasteiger partial charge in [-0.2, -0.15) is 0 Å². The van der Waals surface area contributed by atoms with Crippen LogP contribution in [0.15, 0.2) is 48.1 Å². The standard InChI is InChI=1S/C13H18/c1-4-11-8-7-9-13(10-11)12(5-2)6-3/h4-5,10H,1-2,6-9H2,3H3/b13-12+. The van der Waals surface area contributed by atoms with Crippen molar-refractivity contribution in [1.82, 2.24) is 0 Å². The van der Waals surface area contributed by atoms with Gasteiger partial charge in [-0.3, -0.25) is 0 Å². The van der Waals surface area contributed by atoms with Crippen molar-refractivity contribution in [1.29, 1.82) is 0 Å². The highest BCUT2D eigenvalue weighted by molar-refractivity contribution is 5.38. The molecule has 0 unspecified atom stereocenters. The molecule has 70 valence electrons. The van der Waals surface area contributed by atoms with Crippen molar-refractivity contribution in [3.8, 4) is 0 Å². The van der Waals surface area contributed by atoms with E-state index < -0.39 is 0 Å².